The Morgan fingerprint density at radius 3 is 2.38 bits per heavy atom. The van der Waals surface area contributed by atoms with Crippen molar-refractivity contribution in [1.29, 1.82) is 0 Å². The van der Waals surface area contributed by atoms with E-state index in [0.717, 1.165) is 13.2 Å². The second-order valence-electron chi connectivity index (χ2n) is 1.29. The van der Waals surface area contributed by atoms with Gasteiger partial charge in [0, 0.05) is 14.2 Å². The average molecular weight is 117 g/mol. The summed E-state index contributed by atoms with van der Waals surface area (Å²) in [5.41, 5.74) is 0. The van der Waals surface area contributed by atoms with Crippen molar-refractivity contribution in [3.8, 4) is 0 Å². The molecule has 1 heterocycles. The van der Waals surface area contributed by atoms with E-state index in [1.807, 2.05) is 0 Å². The van der Waals surface area contributed by atoms with Gasteiger partial charge in [0.05, 0.1) is 6.54 Å². The molecule has 1 aliphatic rings. The van der Waals surface area contributed by atoms with Crippen LogP contribution in [0.2, 0.25) is 0 Å². The summed E-state index contributed by atoms with van der Waals surface area (Å²) in [4.78, 5) is 3.74. The second kappa shape index (κ2) is 6.43. The van der Waals surface area contributed by atoms with Crippen LogP contribution in [0, 0.1) is 0 Å². The summed E-state index contributed by atoms with van der Waals surface area (Å²) in [6.07, 6.45) is 1.49. The molecule has 0 amide bonds. The molecule has 0 unspecified atom stereocenters. The Morgan fingerprint density at radius 1 is 1.62 bits per heavy atom. The van der Waals surface area contributed by atoms with Gasteiger partial charge in [-0.3, -0.25) is 4.99 Å². The van der Waals surface area contributed by atoms with Crippen molar-refractivity contribution in [2.75, 3.05) is 27.4 Å². The van der Waals surface area contributed by atoms with Crippen LogP contribution in [0.3, 0.4) is 0 Å². The zero-order chi connectivity index (χ0) is 6.24. The van der Waals surface area contributed by atoms with Crippen LogP contribution < -0.4 is 0 Å². The van der Waals surface area contributed by atoms with Crippen LogP contribution in [0.4, 0.5) is 0 Å². The lowest BCUT2D eigenvalue weighted by molar-refractivity contribution is 0.277. The minimum absolute atomic E-state index is 0.778. The van der Waals surface area contributed by atoms with Gasteiger partial charge < -0.3 is 9.47 Å². The zero-order valence-corrected chi connectivity index (χ0v) is 5.26. The van der Waals surface area contributed by atoms with E-state index in [1.54, 1.807) is 14.2 Å². The molecule has 0 bridgehead atoms. The quantitative estimate of drug-likeness (QED) is 0.457. The molecule has 0 saturated heterocycles. The lowest BCUT2D eigenvalue weighted by Gasteiger charge is -1.76. The number of aliphatic imine (C=N–C) groups is 1. The van der Waals surface area contributed by atoms with Crippen LogP contribution in [-0.4, -0.2) is 33.8 Å². The second-order valence-corrected chi connectivity index (χ2v) is 1.29. The molecule has 0 aromatic carbocycles. The van der Waals surface area contributed by atoms with E-state index in [1.165, 1.54) is 6.40 Å². The Morgan fingerprint density at radius 2 is 2.25 bits per heavy atom. The Bertz CT molecular complexity index is 57.4. The summed E-state index contributed by atoms with van der Waals surface area (Å²) in [5.74, 6) is 0. The molecule has 1 rings (SSSR count). The molecule has 48 valence electrons. The molecule has 0 radical (unpaired) electrons. The normalized spacial score (nSPS) is 14.2. The predicted octanol–water partition coefficient (Wildman–Crippen LogP) is 0.308. The third kappa shape index (κ3) is 5.43. The van der Waals surface area contributed by atoms with Gasteiger partial charge in [-0.05, 0) is 0 Å². The number of methoxy groups -OCH3 is 1. The van der Waals surface area contributed by atoms with Gasteiger partial charge in [-0.2, -0.15) is 0 Å². The van der Waals surface area contributed by atoms with E-state index in [-0.39, 0.29) is 0 Å². The molecule has 3 nitrogen and oxygen atoms in total. The van der Waals surface area contributed by atoms with Gasteiger partial charge in [0.1, 0.15) is 6.61 Å². The summed E-state index contributed by atoms with van der Waals surface area (Å²) in [5, 5.41) is 0. The summed E-state index contributed by atoms with van der Waals surface area (Å²) in [7, 11) is 3.25. The largest absolute Gasteiger partial charge is 0.482 e. The maximum absolute atomic E-state index is 4.65. The molecule has 0 fully saturated rings. The highest BCUT2D eigenvalue weighted by Gasteiger charge is 1.84. The molecular weight excluding hydrogens is 106 g/mol. The first-order valence-electron chi connectivity index (χ1n) is 2.42. The van der Waals surface area contributed by atoms with Crippen molar-refractivity contribution in [2.24, 2.45) is 4.99 Å². The van der Waals surface area contributed by atoms with Crippen LogP contribution in [0.1, 0.15) is 0 Å². The highest BCUT2D eigenvalue weighted by molar-refractivity contribution is 5.47. The molecule has 0 spiro atoms. The summed E-state index contributed by atoms with van der Waals surface area (Å²) in [6.45, 7) is 1.62. The average Bonchev–Trinajstić information content (AvgIpc) is 2.17. The fourth-order valence-electron chi connectivity index (χ4n) is 0.264. The third-order valence-corrected chi connectivity index (χ3v) is 0.487. The van der Waals surface area contributed by atoms with Gasteiger partial charge in [-0.1, -0.05) is 0 Å². The lowest BCUT2D eigenvalue weighted by Crippen LogP contribution is -1.80. The standard InChI is InChI=1S/C3H5NO.C2H6O/c1-2-5-3-4-1;1-3-2/h3H,1-2H2;1-2H3. The Balaban J connectivity index is 0.000000145. The van der Waals surface area contributed by atoms with E-state index < -0.39 is 0 Å². The molecule has 0 aliphatic carbocycles. The minimum atomic E-state index is 0.778. The molecule has 3 heteroatoms. The monoisotopic (exact) mass is 117 g/mol. The fourth-order valence-corrected chi connectivity index (χ4v) is 0.264. The maximum Gasteiger partial charge on any atom is 0.169 e. The maximum atomic E-state index is 4.65. The molecule has 0 aromatic heterocycles. The third-order valence-electron chi connectivity index (χ3n) is 0.487. The SMILES string of the molecule is C1=NCCO1.COC. The van der Waals surface area contributed by atoms with Crippen molar-refractivity contribution < 1.29 is 9.47 Å². The number of rotatable bonds is 0. The number of nitrogens with zero attached hydrogens (tertiary/aromatic N) is 1. The first-order chi connectivity index (χ1) is 3.91. The van der Waals surface area contributed by atoms with Crippen LogP contribution in [0.25, 0.3) is 0 Å². The molecule has 0 N–H and O–H groups in total. The number of hydrogen-bond acceptors (Lipinski definition) is 3. The summed E-state index contributed by atoms with van der Waals surface area (Å²) >= 11 is 0. The van der Waals surface area contributed by atoms with E-state index >= 15 is 0 Å². The lowest BCUT2D eigenvalue weighted by atomic mass is 10.8. The number of ether oxygens (including phenoxy) is 2. The zero-order valence-electron chi connectivity index (χ0n) is 5.26. The first-order valence-corrected chi connectivity index (χ1v) is 2.42. The Hall–Kier alpha value is -0.570. The highest BCUT2D eigenvalue weighted by Crippen LogP contribution is 1.78. The smallest absolute Gasteiger partial charge is 0.169 e. The summed E-state index contributed by atoms with van der Waals surface area (Å²) in [6, 6.07) is 0. The topological polar surface area (TPSA) is 30.8 Å². The molecule has 8 heavy (non-hydrogen) atoms. The van der Waals surface area contributed by atoms with Crippen LogP contribution in [0.15, 0.2) is 4.99 Å². The molecule has 0 aromatic rings. The minimum Gasteiger partial charge on any atom is -0.482 e. The van der Waals surface area contributed by atoms with Crippen molar-refractivity contribution in [3.63, 3.8) is 0 Å². The van der Waals surface area contributed by atoms with E-state index in [9.17, 15) is 0 Å². The van der Waals surface area contributed by atoms with Gasteiger partial charge in [-0.15, -0.1) is 0 Å². The Kier molecular flexibility index (Phi) is 5.97. The van der Waals surface area contributed by atoms with Gasteiger partial charge in [0.2, 0.25) is 0 Å². The van der Waals surface area contributed by atoms with E-state index in [0.29, 0.717) is 0 Å². The van der Waals surface area contributed by atoms with Crippen LogP contribution in [0.5, 0.6) is 0 Å². The van der Waals surface area contributed by atoms with E-state index in [4.69, 9.17) is 0 Å². The van der Waals surface area contributed by atoms with E-state index in [2.05, 4.69) is 14.5 Å². The Labute approximate surface area is 49.3 Å². The highest BCUT2D eigenvalue weighted by atomic mass is 16.5. The van der Waals surface area contributed by atoms with Crippen LogP contribution >= 0.6 is 0 Å². The van der Waals surface area contributed by atoms with Crippen molar-refractivity contribution in [2.45, 2.75) is 0 Å². The van der Waals surface area contributed by atoms with Gasteiger partial charge in [-0.25, -0.2) is 0 Å². The molecule has 1 aliphatic heterocycles. The first kappa shape index (κ1) is 7.43. The number of hydrogen-bond donors (Lipinski definition) is 0. The summed E-state index contributed by atoms with van der Waals surface area (Å²) < 4.78 is 8.90. The molecule has 0 saturated carbocycles. The van der Waals surface area contributed by atoms with Gasteiger partial charge in [0.15, 0.2) is 6.40 Å². The van der Waals surface area contributed by atoms with Gasteiger partial charge >= 0.3 is 0 Å². The fraction of sp³-hybridized carbons (Fsp3) is 0.800. The van der Waals surface area contributed by atoms with Crippen molar-refractivity contribution >= 4 is 6.40 Å². The van der Waals surface area contributed by atoms with Crippen LogP contribution in [-0.2, 0) is 9.47 Å². The predicted molar refractivity (Wildman–Crippen MR) is 32.2 cm³/mol. The van der Waals surface area contributed by atoms with Crippen molar-refractivity contribution in [3.05, 3.63) is 0 Å². The molecular formula is C5H11NO2. The van der Waals surface area contributed by atoms with Crippen molar-refractivity contribution in [1.82, 2.24) is 0 Å². The molecule has 0 atom stereocenters. The van der Waals surface area contributed by atoms with Gasteiger partial charge in [0.25, 0.3) is 0 Å².